The molecular formula is C20H16F4N4O. The van der Waals surface area contributed by atoms with Gasteiger partial charge in [-0.15, -0.1) is 0 Å². The first-order chi connectivity index (χ1) is 13.6. The highest BCUT2D eigenvalue weighted by atomic mass is 19.4. The van der Waals surface area contributed by atoms with Gasteiger partial charge in [-0.2, -0.15) is 18.4 Å². The van der Waals surface area contributed by atoms with Crippen LogP contribution in [0.25, 0.3) is 0 Å². The fourth-order valence-electron chi connectivity index (χ4n) is 3.12. The number of alkyl halides is 3. The Labute approximate surface area is 164 Å². The van der Waals surface area contributed by atoms with Gasteiger partial charge < -0.3 is 4.74 Å². The molecule has 1 fully saturated rings. The van der Waals surface area contributed by atoms with Crippen LogP contribution in [-0.4, -0.2) is 23.6 Å². The molecule has 1 aliphatic rings. The van der Waals surface area contributed by atoms with Crippen LogP contribution in [0.5, 0.6) is 0 Å². The van der Waals surface area contributed by atoms with E-state index in [1.807, 2.05) is 6.07 Å². The summed E-state index contributed by atoms with van der Waals surface area (Å²) in [5.74, 6) is 4.93. The van der Waals surface area contributed by atoms with Crippen LogP contribution in [0.1, 0.15) is 35.6 Å². The van der Waals surface area contributed by atoms with Crippen molar-refractivity contribution in [2.75, 3.05) is 0 Å². The molecule has 150 valence electrons. The Bertz CT molecular complexity index is 1020. The lowest BCUT2D eigenvalue weighted by Crippen LogP contribution is -2.61. The van der Waals surface area contributed by atoms with E-state index in [2.05, 4.69) is 22.1 Å². The molecule has 0 amide bonds. The Balaban J connectivity index is 1.95. The van der Waals surface area contributed by atoms with Gasteiger partial charge in [0.25, 0.3) is 0 Å². The van der Waals surface area contributed by atoms with Crippen LogP contribution in [0, 0.1) is 29.0 Å². The van der Waals surface area contributed by atoms with Gasteiger partial charge in [0.15, 0.2) is 12.5 Å². The molecule has 1 saturated heterocycles. The highest BCUT2D eigenvalue weighted by Gasteiger charge is 2.50. The fraction of sp³-hybridized carbons (Fsp3) is 0.300. The third-order valence-corrected chi connectivity index (χ3v) is 4.51. The number of nitrogens with two attached hydrogens (primary N) is 1. The molecule has 0 saturated carbocycles. The van der Waals surface area contributed by atoms with Gasteiger partial charge in [-0.3, -0.25) is 16.0 Å². The van der Waals surface area contributed by atoms with Crippen LogP contribution in [0.4, 0.5) is 17.6 Å². The van der Waals surface area contributed by atoms with E-state index in [0.29, 0.717) is 16.7 Å². The van der Waals surface area contributed by atoms with E-state index >= 15 is 0 Å². The minimum Gasteiger partial charge on any atom is -0.337 e. The molecule has 5 nitrogen and oxygen atoms in total. The standard InChI is InChI=1S/C20H16F4N4O/c1-19(8-17(20(22,23)24)29-18(26)28-19)15-7-12(4-5-16(15)21)2-3-13-6-14(9-25)11-27-10-13/h4-7,10-11,17-18,28H,8,26H2,1H3/t17-,18?,19-/m0/s1. The molecular weight excluding hydrogens is 388 g/mol. The summed E-state index contributed by atoms with van der Waals surface area (Å²) in [5.41, 5.74) is 5.35. The monoisotopic (exact) mass is 404 g/mol. The Morgan fingerprint density at radius 2 is 1.90 bits per heavy atom. The first kappa shape index (κ1) is 20.7. The second-order valence-electron chi connectivity index (χ2n) is 6.79. The number of aromatic nitrogens is 1. The molecule has 2 heterocycles. The lowest BCUT2D eigenvalue weighted by molar-refractivity contribution is -0.260. The van der Waals surface area contributed by atoms with Crippen LogP contribution in [0.2, 0.25) is 0 Å². The molecule has 3 N–H and O–H groups in total. The molecule has 1 aromatic carbocycles. The van der Waals surface area contributed by atoms with Crippen LogP contribution in [-0.2, 0) is 10.3 Å². The van der Waals surface area contributed by atoms with Crippen molar-refractivity contribution < 1.29 is 22.3 Å². The van der Waals surface area contributed by atoms with E-state index in [4.69, 9.17) is 15.7 Å². The largest absolute Gasteiger partial charge is 0.414 e. The van der Waals surface area contributed by atoms with Crippen molar-refractivity contribution in [3.05, 3.63) is 64.7 Å². The van der Waals surface area contributed by atoms with Crippen molar-refractivity contribution in [2.45, 2.75) is 37.5 Å². The normalized spacial score (nSPS) is 24.3. The second-order valence-corrected chi connectivity index (χ2v) is 6.79. The van der Waals surface area contributed by atoms with Crippen molar-refractivity contribution in [3.8, 4) is 17.9 Å². The highest BCUT2D eigenvalue weighted by Crippen LogP contribution is 2.38. The van der Waals surface area contributed by atoms with Gasteiger partial charge in [0.2, 0.25) is 0 Å². The minimum atomic E-state index is -4.63. The quantitative estimate of drug-likeness (QED) is 0.564. The zero-order valence-corrected chi connectivity index (χ0v) is 15.2. The van der Waals surface area contributed by atoms with Crippen LogP contribution in [0.3, 0.4) is 0 Å². The smallest absolute Gasteiger partial charge is 0.337 e. The summed E-state index contributed by atoms with van der Waals surface area (Å²) < 4.78 is 58.7. The average Bonchev–Trinajstić information content (AvgIpc) is 2.66. The van der Waals surface area contributed by atoms with Gasteiger partial charge in [0.05, 0.1) is 5.56 Å². The molecule has 0 aliphatic carbocycles. The summed E-state index contributed by atoms with van der Waals surface area (Å²) in [7, 11) is 0. The summed E-state index contributed by atoms with van der Waals surface area (Å²) in [5, 5.41) is 11.6. The van der Waals surface area contributed by atoms with Crippen LogP contribution >= 0.6 is 0 Å². The molecule has 3 atom stereocenters. The number of hydrogen-bond donors (Lipinski definition) is 2. The van der Waals surface area contributed by atoms with E-state index in [-0.39, 0.29) is 5.56 Å². The van der Waals surface area contributed by atoms with E-state index in [0.717, 1.165) is 6.07 Å². The maximum absolute atomic E-state index is 14.5. The Kier molecular flexibility index (Phi) is 5.58. The van der Waals surface area contributed by atoms with Gasteiger partial charge in [-0.05, 0) is 31.2 Å². The molecule has 29 heavy (non-hydrogen) atoms. The Hall–Kier alpha value is -2.98. The van der Waals surface area contributed by atoms with Gasteiger partial charge in [-0.25, -0.2) is 4.39 Å². The predicted molar refractivity (Wildman–Crippen MR) is 95.3 cm³/mol. The molecule has 9 heteroatoms. The van der Waals surface area contributed by atoms with Crippen molar-refractivity contribution in [2.24, 2.45) is 5.73 Å². The number of nitrogens with zero attached hydrogens (tertiary/aromatic N) is 2. The topological polar surface area (TPSA) is 84.0 Å². The van der Waals surface area contributed by atoms with E-state index in [1.165, 1.54) is 31.5 Å². The fourth-order valence-corrected chi connectivity index (χ4v) is 3.12. The minimum absolute atomic E-state index is 0.00111. The maximum Gasteiger partial charge on any atom is 0.414 e. The Morgan fingerprint density at radius 3 is 2.59 bits per heavy atom. The zero-order valence-electron chi connectivity index (χ0n) is 15.2. The molecule has 1 aliphatic heterocycles. The number of rotatable bonds is 1. The number of halogens is 4. The van der Waals surface area contributed by atoms with Crippen LogP contribution < -0.4 is 11.1 Å². The third kappa shape index (κ3) is 4.72. The van der Waals surface area contributed by atoms with E-state index in [1.54, 1.807) is 6.07 Å². The summed E-state index contributed by atoms with van der Waals surface area (Å²) in [4.78, 5) is 3.89. The zero-order chi connectivity index (χ0) is 21.2. The summed E-state index contributed by atoms with van der Waals surface area (Å²) in [6, 6.07) is 7.42. The first-order valence-electron chi connectivity index (χ1n) is 8.53. The lowest BCUT2D eigenvalue weighted by Gasteiger charge is -2.43. The molecule has 1 aromatic heterocycles. The van der Waals surface area contributed by atoms with Crippen molar-refractivity contribution in [1.82, 2.24) is 10.3 Å². The van der Waals surface area contributed by atoms with Gasteiger partial charge in [-0.1, -0.05) is 11.8 Å². The number of ether oxygens (including phenoxy) is 1. The number of pyridine rings is 1. The van der Waals surface area contributed by atoms with Crippen molar-refractivity contribution >= 4 is 0 Å². The molecule has 1 unspecified atom stereocenters. The summed E-state index contributed by atoms with van der Waals surface area (Å²) in [6.07, 6.45) is -5.86. The molecule has 0 spiro atoms. The maximum atomic E-state index is 14.5. The SMILES string of the molecule is C[C@@]1(c2cc(C#Cc3cncc(C#N)c3)ccc2F)C[C@@H](C(F)(F)F)OC(N)N1. The average molecular weight is 404 g/mol. The lowest BCUT2D eigenvalue weighted by atomic mass is 9.84. The molecule has 0 radical (unpaired) electrons. The van der Waals surface area contributed by atoms with Crippen molar-refractivity contribution in [1.29, 1.82) is 5.26 Å². The molecule has 0 bridgehead atoms. The number of nitrogens with one attached hydrogen (secondary N) is 1. The van der Waals surface area contributed by atoms with Crippen LogP contribution in [0.15, 0.2) is 36.7 Å². The Morgan fingerprint density at radius 1 is 1.21 bits per heavy atom. The van der Waals surface area contributed by atoms with Crippen molar-refractivity contribution in [3.63, 3.8) is 0 Å². The number of nitriles is 1. The molecule has 3 rings (SSSR count). The highest BCUT2D eigenvalue weighted by molar-refractivity contribution is 5.46. The van der Waals surface area contributed by atoms with E-state index in [9.17, 15) is 17.6 Å². The van der Waals surface area contributed by atoms with Gasteiger partial charge in [0.1, 0.15) is 11.9 Å². The number of hydrogen-bond acceptors (Lipinski definition) is 5. The second kappa shape index (κ2) is 7.80. The summed E-state index contributed by atoms with van der Waals surface area (Å²) in [6.45, 7) is 1.43. The molecule has 2 aromatic rings. The van der Waals surface area contributed by atoms with Gasteiger partial charge in [0, 0.05) is 41.0 Å². The predicted octanol–water partition coefficient (Wildman–Crippen LogP) is 2.89. The van der Waals surface area contributed by atoms with Gasteiger partial charge >= 0.3 is 6.18 Å². The van der Waals surface area contributed by atoms with E-state index < -0.39 is 36.4 Å². The first-order valence-corrected chi connectivity index (χ1v) is 8.53. The number of benzene rings is 1. The summed E-state index contributed by atoms with van der Waals surface area (Å²) >= 11 is 0. The third-order valence-electron chi connectivity index (χ3n) is 4.51.